The Morgan fingerprint density at radius 1 is 0.696 bits per heavy atom. The summed E-state index contributed by atoms with van der Waals surface area (Å²) in [5, 5.41) is 33.6. The number of hydrogen-bond acceptors (Lipinski definition) is 9. The maximum absolute atomic E-state index is 14.1. The molecule has 2 saturated heterocycles. The van der Waals surface area contributed by atoms with Crippen molar-refractivity contribution < 1.29 is 34.1 Å². The lowest BCUT2D eigenvalue weighted by Gasteiger charge is -2.44. The lowest BCUT2D eigenvalue weighted by molar-refractivity contribution is -0.385. The van der Waals surface area contributed by atoms with Crippen molar-refractivity contribution in [2.75, 3.05) is 9.80 Å². The van der Waals surface area contributed by atoms with Gasteiger partial charge in [0.1, 0.15) is 5.75 Å². The van der Waals surface area contributed by atoms with Crippen molar-refractivity contribution in [1.82, 2.24) is 0 Å². The first-order chi connectivity index (χ1) is 22.0. The van der Waals surface area contributed by atoms with E-state index in [-0.39, 0.29) is 46.4 Å². The second kappa shape index (κ2) is 10.6. The third kappa shape index (κ3) is 4.30. The number of nitro groups is 2. The summed E-state index contributed by atoms with van der Waals surface area (Å²) >= 11 is 6.34. The monoisotopic (exact) mass is 642 g/mol. The lowest BCUT2D eigenvalue weighted by atomic mass is 9.57. The number of aromatic hydroxyl groups is 1. The number of nitro benzene ring substituents is 2. The Labute approximate surface area is 265 Å². The molecule has 0 radical (unpaired) electrons. The molecule has 3 aromatic carbocycles. The van der Waals surface area contributed by atoms with E-state index in [0.29, 0.717) is 11.1 Å². The molecule has 14 heteroatoms. The van der Waals surface area contributed by atoms with Gasteiger partial charge in [-0.2, -0.15) is 0 Å². The van der Waals surface area contributed by atoms with E-state index in [2.05, 4.69) is 0 Å². The molecule has 13 nitrogen and oxygen atoms in total. The number of rotatable bonds is 5. The summed E-state index contributed by atoms with van der Waals surface area (Å²) in [5.41, 5.74) is 0.854. The van der Waals surface area contributed by atoms with E-state index < -0.39 is 69.0 Å². The first-order valence-electron chi connectivity index (χ1n) is 14.4. The Bertz CT molecular complexity index is 1910. The number of carbonyl (C=O) groups is 4. The minimum absolute atomic E-state index is 0.0661. The Morgan fingerprint density at radius 2 is 1.22 bits per heavy atom. The third-order valence-corrected chi connectivity index (χ3v) is 9.85. The van der Waals surface area contributed by atoms with Crippen molar-refractivity contribution in [2.24, 2.45) is 29.6 Å². The van der Waals surface area contributed by atoms with E-state index in [1.807, 2.05) is 6.08 Å². The van der Waals surface area contributed by atoms with Crippen molar-refractivity contribution in [3.05, 3.63) is 109 Å². The zero-order valence-electron chi connectivity index (χ0n) is 23.7. The van der Waals surface area contributed by atoms with Crippen molar-refractivity contribution >= 4 is 58.0 Å². The molecule has 2 aliphatic carbocycles. The number of phenolic OH excluding ortho intramolecular Hbond substituents is 1. The number of hydrogen-bond donors (Lipinski definition) is 1. The van der Waals surface area contributed by atoms with Gasteiger partial charge in [0.2, 0.25) is 23.6 Å². The van der Waals surface area contributed by atoms with Gasteiger partial charge in [0.05, 0.1) is 44.9 Å². The number of benzene rings is 3. The van der Waals surface area contributed by atoms with Gasteiger partial charge in [-0.05, 0) is 61.2 Å². The predicted molar refractivity (Wildman–Crippen MR) is 162 cm³/mol. The molecule has 4 amide bonds. The average molecular weight is 643 g/mol. The Morgan fingerprint density at radius 3 is 1.76 bits per heavy atom. The summed E-state index contributed by atoms with van der Waals surface area (Å²) in [6, 6.07) is 14.5. The molecule has 2 aliphatic heterocycles. The number of non-ortho nitro benzene ring substituents is 2. The largest absolute Gasteiger partial charge is 0.508 e. The highest BCUT2D eigenvalue weighted by Crippen LogP contribution is 2.59. The van der Waals surface area contributed by atoms with E-state index in [0.717, 1.165) is 9.80 Å². The van der Waals surface area contributed by atoms with E-state index >= 15 is 0 Å². The molecule has 0 bridgehead atoms. The normalized spacial score (nSPS) is 26.8. The number of anilines is 2. The number of fused-ring (bicyclic) bond motifs is 4. The van der Waals surface area contributed by atoms with Crippen molar-refractivity contribution in [2.45, 2.75) is 18.8 Å². The fourth-order valence-electron chi connectivity index (χ4n) is 7.67. The second-order valence-corrected chi connectivity index (χ2v) is 12.2. The van der Waals surface area contributed by atoms with Crippen LogP contribution in [-0.2, 0) is 19.2 Å². The zero-order chi connectivity index (χ0) is 32.6. The quantitative estimate of drug-likeness (QED) is 0.175. The van der Waals surface area contributed by atoms with E-state index in [4.69, 9.17) is 11.6 Å². The van der Waals surface area contributed by atoms with Gasteiger partial charge in [-0.1, -0.05) is 23.3 Å². The van der Waals surface area contributed by atoms with Gasteiger partial charge in [-0.3, -0.25) is 49.2 Å². The number of amides is 4. The summed E-state index contributed by atoms with van der Waals surface area (Å²) in [6.45, 7) is 0. The number of imide groups is 2. The molecule has 3 aromatic rings. The number of allylic oxidation sites excluding steroid dienone is 2. The molecule has 0 aromatic heterocycles. The highest BCUT2D eigenvalue weighted by atomic mass is 35.5. The van der Waals surface area contributed by atoms with Gasteiger partial charge in [-0.15, -0.1) is 0 Å². The molecule has 2 heterocycles. The van der Waals surface area contributed by atoms with Crippen LogP contribution < -0.4 is 9.80 Å². The second-order valence-electron chi connectivity index (χ2n) is 11.8. The van der Waals surface area contributed by atoms with Crippen LogP contribution >= 0.6 is 11.6 Å². The van der Waals surface area contributed by atoms with Gasteiger partial charge in [0, 0.05) is 40.8 Å². The maximum Gasteiger partial charge on any atom is 0.269 e. The molecule has 6 atom stereocenters. The van der Waals surface area contributed by atoms with Gasteiger partial charge in [-0.25, -0.2) is 0 Å². The van der Waals surface area contributed by atoms with Crippen LogP contribution in [0.1, 0.15) is 24.3 Å². The fourth-order valence-corrected chi connectivity index (χ4v) is 7.85. The molecular weight excluding hydrogens is 620 g/mol. The predicted octanol–water partition coefficient (Wildman–Crippen LogP) is 4.91. The van der Waals surface area contributed by atoms with Crippen LogP contribution in [0.3, 0.4) is 0 Å². The third-order valence-electron chi connectivity index (χ3n) is 9.61. The zero-order valence-corrected chi connectivity index (χ0v) is 24.4. The molecule has 3 fully saturated rings. The summed E-state index contributed by atoms with van der Waals surface area (Å²) in [4.78, 5) is 79.1. The van der Waals surface area contributed by atoms with E-state index in [1.54, 1.807) is 0 Å². The van der Waals surface area contributed by atoms with Gasteiger partial charge in [0.15, 0.2) is 0 Å². The van der Waals surface area contributed by atoms with Crippen molar-refractivity contribution in [1.29, 1.82) is 0 Å². The van der Waals surface area contributed by atoms with Crippen LogP contribution in [0, 0.1) is 49.8 Å². The number of carbonyl (C=O) groups excluding carboxylic acids is 4. The number of halogens is 1. The maximum atomic E-state index is 14.1. The van der Waals surface area contributed by atoms with E-state index in [9.17, 15) is 44.5 Å². The molecule has 7 rings (SSSR count). The molecule has 0 spiro atoms. The summed E-state index contributed by atoms with van der Waals surface area (Å²) in [7, 11) is 0. The van der Waals surface area contributed by atoms with Gasteiger partial charge < -0.3 is 5.11 Å². The van der Waals surface area contributed by atoms with Crippen LogP contribution in [-0.4, -0.2) is 38.6 Å². The molecule has 0 unspecified atom stereocenters. The first-order valence-corrected chi connectivity index (χ1v) is 14.8. The molecule has 232 valence electrons. The Hall–Kier alpha value is -5.43. The molecule has 46 heavy (non-hydrogen) atoms. The van der Waals surface area contributed by atoms with Crippen molar-refractivity contribution in [3.8, 4) is 5.75 Å². The Balaban J connectivity index is 1.31. The Kier molecular flexibility index (Phi) is 6.74. The first kappa shape index (κ1) is 29.3. The van der Waals surface area contributed by atoms with E-state index in [1.165, 1.54) is 66.7 Å². The molecular formula is C32H23ClN4O9. The summed E-state index contributed by atoms with van der Waals surface area (Å²) in [6.07, 6.45) is 2.04. The molecule has 1 saturated carbocycles. The average Bonchev–Trinajstić information content (AvgIpc) is 3.45. The highest BCUT2D eigenvalue weighted by Gasteiger charge is 2.62. The van der Waals surface area contributed by atoms with Crippen LogP contribution in [0.25, 0.3) is 0 Å². The van der Waals surface area contributed by atoms with Crippen LogP contribution in [0.15, 0.2) is 78.4 Å². The molecule has 1 N–H and O–H groups in total. The standard InChI is InChI=1S/C32H23ClN4O9/c33-15-1-12-25(38)23(13-15)26-20-10-11-21-27(31(41)34(29(21)39)16-2-6-18(7-3-16)36(43)44)22(20)14-24-28(26)32(42)35(30(24)40)17-4-8-19(9-5-17)37(45)46/h1-10,12-13,21-22,24,26-28,38H,11,14H2/t21-,22+,24+,26+,27-,28+/m0/s1. The topological polar surface area (TPSA) is 181 Å². The van der Waals surface area contributed by atoms with Gasteiger partial charge >= 0.3 is 0 Å². The summed E-state index contributed by atoms with van der Waals surface area (Å²) < 4.78 is 0. The number of phenols is 1. The van der Waals surface area contributed by atoms with Crippen molar-refractivity contribution in [3.63, 3.8) is 0 Å². The highest BCUT2D eigenvalue weighted by molar-refractivity contribution is 6.30. The SMILES string of the molecule is O=C1[C@H]2[C@H](CC=C3[C@H]2C[C@H]2C(=O)N(c4ccc([N+](=O)[O-])cc4)C(=O)[C@H]2[C@H]3c2cc(Cl)ccc2O)C(=O)N1c1ccc([N+](=O)[O-])cc1. The van der Waals surface area contributed by atoms with Crippen LogP contribution in [0.2, 0.25) is 5.02 Å². The minimum atomic E-state index is -0.982. The number of nitrogens with zero attached hydrogens (tertiary/aromatic N) is 4. The van der Waals surface area contributed by atoms with Gasteiger partial charge in [0.25, 0.3) is 11.4 Å². The molecule has 4 aliphatic rings. The lowest BCUT2D eigenvalue weighted by Crippen LogP contribution is -2.43. The smallest absolute Gasteiger partial charge is 0.269 e. The minimum Gasteiger partial charge on any atom is -0.508 e. The summed E-state index contributed by atoms with van der Waals surface area (Å²) in [5.74, 6) is -7.35. The van der Waals surface area contributed by atoms with Crippen LogP contribution in [0.5, 0.6) is 5.75 Å². The van der Waals surface area contributed by atoms with Crippen LogP contribution in [0.4, 0.5) is 22.7 Å². The fraction of sp³-hybridized carbons (Fsp3) is 0.250.